The standard InChI is InChI=1S/C17H27NO2S/c1-3-18-17-10-6-9-15(17)11-12-21(19,20)13-16-8-5-4-7-14(16)2/h4-5,7-8,15,17-18H,3,6,9-13H2,1-2H3. The normalized spacial score (nSPS) is 22.6. The van der Waals surface area contributed by atoms with Crippen molar-refractivity contribution in [3.63, 3.8) is 0 Å². The van der Waals surface area contributed by atoms with E-state index < -0.39 is 9.84 Å². The molecule has 0 radical (unpaired) electrons. The minimum atomic E-state index is -3.01. The van der Waals surface area contributed by atoms with Crippen LogP contribution in [0.5, 0.6) is 0 Å². The van der Waals surface area contributed by atoms with Gasteiger partial charge < -0.3 is 5.32 Å². The molecule has 118 valence electrons. The van der Waals surface area contributed by atoms with Crippen LogP contribution < -0.4 is 5.32 Å². The Labute approximate surface area is 129 Å². The summed E-state index contributed by atoms with van der Waals surface area (Å²) >= 11 is 0. The van der Waals surface area contributed by atoms with Crippen LogP contribution in [0.15, 0.2) is 24.3 Å². The molecule has 0 aromatic heterocycles. The molecule has 0 spiro atoms. The highest BCUT2D eigenvalue weighted by molar-refractivity contribution is 7.90. The van der Waals surface area contributed by atoms with Crippen LogP contribution in [-0.4, -0.2) is 26.8 Å². The largest absolute Gasteiger partial charge is 0.314 e. The number of rotatable bonds is 7. The minimum absolute atomic E-state index is 0.179. The minimum Gasteiger partial charge on any atom is -0.314 e. The van der Waals surface area contributed by atoms with Gasteiger partial charge in [-0.15, -0.1) is 0 Å². The van der Waals surface area contributed by atoms with E-state index in [2.05, 4.69) is 12.2 Å². The van der Waals surface area contributed by atoms with Gasteiger partial charge in [0.25, 0.3) is 0 Å². The first kappa shape index (κ1) is 16.5. The van der Waals surface area contributed by atoms with Gasteiger partial charge in [0.2, 0.25) is 0 Å². The highest BCUT2D eigenvalue weighted by Gasteiger charge is 2.27. The van der Waals surface area contributed by atoms with Gasteiger partial charge in [-0.2, -0.15) is 0 Å². The molecule has 1 aliphatic rings. The Hall–Kier alpha value is -0.870. The van der Waals surface area contributed by atoms with Crippen molar-refractivity contribution >= 4 is 9.84 Å². The first-order chi connectivity index (χ1) is 10.0. The predicted octanol–water partition coefficient (Wildman–Crippen LogP) is 3.08. The predicted molar refractivity (Wildman–Crippen MR) is 88.1 cm³/mol. The Morgan fingerprint density at radius 3 is 2.71 bits per heavy atom. The lowest BCUT2D eigenvalue weighted by molar-refractivity contribution is 0.398. The third kappa shape index (κ3) is 4.82. The van der Waals surface area contributed by atoms with Crippen molar-refractivity contribution in [3.8, 4) is 0 Å². The van der Waals surface area contributed by atoms with E-state index in [0.717, 1.165) is 30.5 Å². The molecule has 2 unspecified atom stereocenters. The van der Waals surface area contributed by atoms with E-state index in [0.29, 0.717) is 17.7 Å². The third-order valence-corrected chi connectivity index (χ3v) is 6.17. The summed E-state index contributed by atoms with van der Waals surface area (Å²) in [6, 6.07) is 8.28. The number of sulfone groups is 1. The zero-order chi connectivity index (χ0) is 15.3. The summed E-state index contributed by atoms with van der Waals surface area (Å²) in [5.41, 5.74) is 2.00. The summed E-state index contributed by atoms with van der Waals surface area (Å²) in [5, 5.41) is 3.49. The molecule has 1 saturated carbocycles. The van der Waals surface area contributed by atoms with Crippen molar-refractivity contribution in [2.24, 2.45) is 5.92 Å². The maximum absolute atomic E-state index is 12.4. The Morgan fingerprint density at radius 2 is 2.00 bits per heavy atom. The van der Waals surface area contributed by atoms with E-state index in [1.165, 1.54) is 12.8 Å². The van der Waals surface area contributed by atoms with Crippen LogP contribution >= 0.6 is 0 Å². The van der Waals surface area contributed by atoms with Gasteiger partial charge in [-0.3, -0.25) is 0 Å². The van der Waals surface area contributed by atoms with E-state index in [-0.39, 0.29) is 5.75 Å². The average molecular weight is 309 g/mol. The molecule has 0 saturated heterocycles. The summed E-state index contributed by atoms with van der Waals surface area (Å²) in [6.07, 6.45) is 4.37. The van der Waals surface area contributed by atoms with Crippen LogP contribution in [0.3, 0.4) is 0 Å². The van der Waals surface area contributed by atoms with E-state index >= 15 is 0 Å². The van der Waals surface area contributed by atoms with Crippen molar-refractivity contribution in [1.82, 2.24) is 5.32 Å². The molecule has 1 aliphatic carbocycles. The molecule has 2 rings (SSSR count). The lowest BCUT2D eigenvalue weighted by Crippen LogP contribution is -2.33. The SMILES string of the molecule is CCNC1CCCC1CCS(=O)(=O)Cc1ccccc1C. The molecule has 2 atom stereocenters. The molecular formula is C17H27NO2S. The molecule has 21 heavy (non-hydrogen) atoms. The fraction of sp³-hybridized carbons (Fsp3) is 0.647. The second-order valence-corrected chi connectivity index (χ2v) is 8.35. The second-order valence-electron chi connectivity index (χ2n) is 6.16. The summed E-state index contributed by atoms with van der Waals surface area (Å²) in [4.78, 5) is 0. The van der Waals surface area contributed by atoms with E-state index in [1.807, 2.05) is 31.2 Å². The smallest absolute Gasteiger partial charge is 0.154 e. The van der Waals surface area contributed by atoms with Gasteiger partial charge in [0, 0.05) is 6.04 Å². The van der Waals surface area contributed by atoms with Crippen molar-refractivity contribution in [2.45, 2.75) is 51.3 Å². The molecule has 0 bridgehead atoms. The van der Waals surface area contributed by atoms with Gasteiger partial charge in [0.1, 0.15) is 0 Å². The number of benzene rings is 1. The molecule has 1 aromatic carbocycles. The van der Waals surface area contributed by atoms with Crippen LogP contribution in [0.1, 0.15) is 43.7 Å². The van der Waals surface area contributed by atoms with E-state index in [9.17, 15) is 8.42 Å². The third-order valence-electron chi connectivity index (χ3n) is 4.56. The molecule has 0 amide bonds. The molecule has 1 N–H and O–H groups in total. The fourth-order valence-corrected chi connectivity index (χ4v) is 4.93. The van der Waals surface area contributed by atoms with Gasteiger partial charge in [-0.05, 0) is 49.8 Å². The second kappa shape index (κ2) is 7.41. The number of aryl methyl sites for hydroxylation is 1. The fourth-order valence-electron chi connectivity index (χ4n) is 3.33. The maximum atomic E-state index is 12.4. The van der Waals surface area contributed by atoms with Crippen LogP contribution in [0.4, 0.5) is 0 Å². The van der Waals surface area contributed by atoms with Crippen molar-refractivity contribution in [2.75, 3.05) is 12.3 Å². The maximum Gasteiger partial charge on any atom is 0.154 e. The number of hydrogen-bond donors (Lipinski definition) is 1. The molecule has 0 aliphatic heterocycles. The van der Waals surface area contributed by atoms with Crippen LogP contribution in [0, 0.1) is 12.8 Å². The lowest BCUT2D eigenvalue weighted by atomic mass is 10.0. The van der Waals surface area contributed by atoms with Crippen LogP contribution in [0.25, 0.3) is 0 Å². The number of nitrogens with one attached hydrogen (secondary N) is 1. The zero-order valence-corrected chi connectivity index (χ0v) is 14.0. The Bertz CT molecular complexity index is 554. The van der Waals surface area contributed by atoms with Gasteiger partial charge in [0.05, 0.1) is 11.5 Å². The van der Waals surface area contributed by atoms with Crippen molar-refractivity contribution in [3.05, 3.63) is 35.4 Å². The van der Waals surface area contributed by atoms with E-state index in [1.54, 1.807) is 0 Å². The van der Waals surface area contributed by atoms with Crippen molar-refractivity contribution < 1.29 is 8.42 Å². The summed E-state index contributed by atoms with van der Waals surface area (Å²) < 4.78 is 24.7. The van der Waals surface area contributed by atoms with Crippen LogP contribution in [-0.2, 0) is 15.6 Å². The van der Waals surface area contributed by atoms with Gasteiger partial charge in [-0.1, -0.05) is 37.6 Å². The highest BCUT2D eigenvalue weighted by atomic mass is 32.2. The topological polar surface area (TPSA) is 46.2 Å². The Morgan fingerprint density at radius 1 is 1.24 bits per heavy atom. The Balaban J connectivity index is 1.91. The summed E-state index contributed by atoms with van der Waals surface area (Å²) in [5.74, 6) is 1.02. The van der Waals surface area contributed by atoms with Gasteiger partial charge in [-0.25, -0.2) is 8.42 Å². The molecule has 1 fully saturated rings. The zero-order valence-electron chi connectivity index (χ0n) is 13.1. The van der Waals surface area contributed by atoms with Gasteiger partial charge >= 0.3 is 0 Å². The summed E-state index contributed by atoms with van der Waals surface area (Å²) in [6.45, 7) is 5.06. The monoisotopic (exact) mass is 309 g/mol. The molecule has 3 nitrogen and oxygen atoms in total. The highest BCUT2D eigenvalue weighted by Crippen LogP contribution is 2.29. The molecule has 0 heterocycles. The average Bonchev–Trinajstić information content (AvgIpc) is 2.87. The van der Waals surface area contributed by atoms with E-state index in [4.69, 9.17) is 0 Å². The first-order valence-corrected chi connectivity index (χ1v) is 9.82. The van der Waals surface area contributed by atoms with Crippen molar-refractivity contribution in [1.29, 1.82) is 0 Å². The first-order valence-electron chi connectivity index (χ1n) is 8.00. The molecule has 4 heteroatoms. The quantitative estimate of drug-likeness (QED) is 0.842. The molecular weight excluding hydrogens is 282 g/mol. The number of hydrogen-bond acceptors (Lipinski definition) is 3. The van der Waals surface area contributed by atoms with Crippen LogP contribution in [0.2, 0.25) is 0 Å². The Kier molecular flexibility index (Phi) is 5.82. The molecule has 1 aromatic rings. The lowest BCUT2D eigenvalue weighted by Gasteiger charge is -2.20. The van der Waals surface area contributed by atoms with Gasteiger partial charge in [0.15, 0.2) is 9.84 Å². The summed E-state index contributed by atoms with van der Waals surface area (Å²) in [7, 11) is -3.01.